The minimum atomic E-state index is -0.585. The molecule has 0 aliphatic carbocycles. The molecule has 2 rings (SSSR count). The van der Waals surface area contributed by atoms with Crippen LogP contribution in [0.25, 0.3) is 0 Å². The summed E-state index contributed by atoms with van der Waals surface area (Å²) in [5.41, 5.74) is 5.91. The molecular weight excluding hydrogens is 431 g/mol. The van der Waals surface area contributed by atoms with Crippen molar-refractivity contribution in [2.45, 2.75) is 0 Å². The number of thiocarbonyl (C=S) groups is 1. The number of hydrogen-bond donors (Lipinski definition) is 2. The number of hydrogen-bond acceptors (Lipinski definition) is 3. The van der Waals surface area contributed by atoms with Gasteiger partial charge in [0.25, 0.3) is 5.91 Å². The lowest BCUT2D eigenvalue weighted by Gasteiger charge is -2.06. The standard InChI is InChI=1S/C12H7Br2FN2OS2/c13-6-4-9(20-10(6)14)12(18)17-8-2-1-5(11(16)19)3-7(8)15/h1-4H,(H2,16,19)(H,17,18). The summed E-state index contributed by atoms with van der Waals surface area (Å²) in [6.45, 7) is 0. The Balaban J connectivity index is 2.21. The molecule has 1 aromatic heterocycles. The molecule has 0 atom stereocenters. The van der Waals surface area contributed by atoms with Gasteiger partial charge in [-0.05, 0) is 56.1 Å². The zero-order valence-corrected chi connectivity index (χ0v) is 14.6. The molecule has 3 N–H and O–H groups in total. The first-order chi connectivity index (χ1) is 9.38. The van der Waals surface area contributed by atoms with Crippen LogP contribution >= 0.6 is 55.4 Å². The molecule has 3 nitrogen and oxygen atoms in total. The molecule has 1 heterocycles. The van der Waals surface area contributed by atoms with E-state index in [1.54, 1.807) is 12.1 Å². The van der Waals surface area contributed by atoms with Gasteiger partial charge in [-0.25, -0.2) is 4.39 Å². The lowest BCUT2D eigenvalue weighted by atomic mass is 10.2. The van der Waals surface area contributed by atoms with Crippen molar-refractivity contribution in [3.05, 3.63) is 48.8 Å². The highest BCUT2D eigenvalue weighted by Gasteiger charge is 2.14. The molecule has 0 aliphatic heterocycles. The Hall–Kier alpha value is -0.830. The second kappa shape index (κ2) is 6.30. The summed E-state index contributed by atoms with van der Waals surface area (Å²) in [5.74, 6) is -0.971. The number of thiophene rings is 1. The lowest BCUT2D eigenvalue weighted by molar-refractivity contribution is 0.103. The van der Waals surface area contributed by atoms with Gasteiger partial charge in [-0.2, -0.15) is 0 Å². The Morgan fingerprint density at radius 2 is 2.05 bits per heavy atom. The highest BCUT2D eigenvalue weighted by atomic mass is 79.9. The molecule has 8 heteroatoms. The minimum absolute atomic E-state index is 0.0793. The molecule has 2 aromatic rings. The van der Waals surface area contributed by atoms with Gasteiger partial charge in [0, 0.05) is 10.0 Å². The number of carbonyl (C=O) groups excluding carboxylic acids is 1. The number of nitrogens with one attached hydrogen (secondary N) is 1. The summed E-state index contributed by atoms with van der Waals surface area (Å²) < 4.78 is 15.4. The summed E-state index contributed by atoms with van der Waals surface area (Å²) in [7, 11) is 0. The zero-order chi connectivity index (χ0) is 14.9. The maximum atomic E-state index is 13.8. The van der Waals surface area contributed by atoms with Crippen molar-refractivity contribution in [2.24, 2.45) is 5.73 Å². The molecule has 0 saturated heterocycles. The minimum Gasteiger partial charge on any atom is -0.389 e. The normalized spacial score (nSPS) is 10.3. The molecule has 1 amide bonds. The second-order valence-corrected chi connectivity index (χ2v) is 7.41. The van der Waals surface area contributed by atoms with Gasteiger partial charge in [0.1, 0.15) is 10.8 Å². The molecule has 0 radical (unpaired) electrons. The van der Waals surface area contributed by atoms with E-state index in [0.717, 1.165) is 8.26 Å². The van der Waals surface area contributed by atoms with E-state index >= 15 is 0 Å². The van der Waals surface area contributed by atoms with Gasteiger partial charge in [-0.3, -0.25) is 4.79 Å². The van der Waals surface area contributed by atoms with Crippen LogP contribution in [0.3, 0.4) is 0 Å². The Kier molecular flexibility index (Phi) is 4.90. The van der Waals surface area contributed by atoms with E-state index in [0.29, 0.717) is 10.4 Å². The van der Waals surface area contributed by atoms with Crippen LogP contribution in [-0.4, -0.2) is 10.9 Å². The average molecular weight is 438 g/mol. The zero-order valence-electron chi connectivity index (χ0n) is 9.75. The molecule has 1 aromatic carbocycles. The average Bonchev–Trinajstić information content (AvgIpc) is 2.72. The van der Waals surface area contributed by atoms with Crippen LogP contribution in [0.1, 0.15) is 15.2 Å². The maximum Gasteiger partial charge on any atom is 0.265 e. The molecule has 20 heavy (non-hydrogen) atoms. The van der Waals surface area contributed by atoms with Crippen LogP contribution in [0.4, 0.5) is 10.1 Å². The van der Waals surface area contributed by atoms with Gasteiger partial charge < -0.3 is 11.1 Å². The van der Waals surface area contributed by atoms with Crippen LogP contribution in [0.2, 0.25) is 0 Å². The third kappa shape index (κ3) is 3.43. The summed E-state index contributed by atoms with van der Waals surface area (Å²) >= 11 is 12.6. The van der Waals surface area contributed by atoms with Crippen LogP contribution in [0, 0.1) is 5.82 Å². The number of halogens is 3. The number of carbonyl (C=O) groups is 1. The Morgan fingerprint density at radius 3 is 2.55 bits per heavy atom. The fourth-order valence-electron chi connectivity index (χ4n) is 1.41. The first-order valence-corrected chi connectivity index (χ1v) is 8.05. The van der Waals surface area contributed by atoms with E-state index in [1.165, 1.54) is 23.5 Å². The summed E-state index contributed by atoms with van der Waals surface area (Å²) in [6.07, 6.45) is 0. The summed E-state index contributed by atoms with van der Waals surface area (Å²) in [4.78, 5) is 12.6. The van der Waals surface area contributed by atoms with Gasteiger partial charge >= 0.3 is 0 Å². The van der Waals surface area contributed by atoms with Crippen molar-refractivity contribution in [1.82, 2.24) is 0 Å². The summed E-state index contributed by atoms with van der Waals surface area (Å²) in [6, 6.07) is 5.84. The number of nitrogens with two attached hydrogens (primary N) is 1. The fraction of sp³-hybridized carbons (Fsp3) is 0. The van der Waals surface area contributed by atoms with Crippen LogP contribution < -0.4 is 11.1 Å². The van der Waals surface area contributed by atoms with Crippen molar-refractivity contribution >= 4 is 72.0 Å². The molecule has 0 bridgehead atoms. The SMILES string of the molecule is NC(=S)c1ccc(NC(=O)c2cc(Br)c(Br)s2)c(F)c1. The topological polar surface area (TPSA) is 55.1 Å². The number of benzene rings is 1. The molecule has 0 aliphatic rings. The smallest absolute Gasteiger partial charge is 0.265 e. The number of amides is 1. The van der Waals surface area contributed by atoms with Gasteiger partial charge in [0.05, 0.1) is 14.4 Å². The quantitative estimate of drug-likeness (QED) is 0.704. The van der Waals surface area contributed by atoms with E-state index in [-0.39, 0.29) is 16.6 Å². The first kappa shape index (κ1) is 15.6. The predicted molar refractivity (Wildman–Crippen MR) is 90.0 cm³/mol. The molecule has 0 unspecified atom stereocenters. The highest BCUT2D eigenvalue weighted by molar-refractivity contribution is 9.13. The monoisotopic (exact) mass is 436 g/mol. The van der Waals surface area contributed by atoms with Crippen molar-refractivity contribution in [3.8, 4) is 0 Å². The van der Waals surface area contributed by atoms with Crippen LogP contribution in [-0.2, 0) is 0 Å². The van der Waals surface area contributed by atoms with Gasteiger partial charge in [0.15, 0.2) is 0 Å². The Bertz CT molecular complexity index is 683. The highest BCUT2D eigenvalue weighted by Crippen LogP contribution is 2.32. The third-order valence-electron chi connectivity index (χ3n) is 2.37. The summed E-state index contributed by atoms with van der Waals surface area (Å²) in [5, 5.41) is 2.50. The largest absolute Gasteiger partial charge is 0.389 e. The third-order valence-corrected chi connectivity index (χ3v) is 5.86. The van der Waals surface area contributed by atoms with E-state index in [1.807, 2.05) is 0 Å². The van der Waals surface area contributed by atoms with Crippen molar-refractivity contribution in [1.29, 1.82) is 0 Å². The van der Waals surface area contributed by atoms with Crippen molar-refractivity contribution in [3.63, 3.8) is 0 Å². The van der Waals surface area contributed by atoms with Crippen molar-refractivity contribution in [2.75, 3.05) is 5.32 Å². The fourth-order valence-corrected chi connectivity index (χ4v) is 3.47. The van der Waals surface area contributed by atoms with E-state index in [9.17, 15) is 9.18 Å². The van der Waals surface area contributed by atoms with E-state index in [2.05, 4.69) is 37.2 Å². The van der Waals surface area contributed by atoms with Crippen LogP contribution in [0.15, 0.2) is 32.5 Å². The first-order valence-electron chi connectivity index (χ1n) is 5.24. The Labute approximate surface area is 140 Å². The lowest BCUT2D eigenvalue weighted by Crippen LogP contribution is -2.13. The predicted octanol–water partition coefficient (Wildman–Crippen LogP) is 4.30. The van der Waals surface area contributed by atoms with Gasteiger partial charge in [0.2, 0.25) is 0 Å². The molecule has 0 saturated carbocycles. The molecule has 104 valence electrons. The van der Waals surface area contributed by atoms with Crippen molar-refractivity contribution < 1.29 is 9.18 Å². The van der Waals surface area contributed by atoms with E-state index < -0.39 is 5.82 Å². The second-order valence-electron chi connectivity index (χ2n) is 3.75. The van der Waals surface area contributed by atoms with Gasteiger partial charge in [-0.15, -0.1) is 11.3 Å². The van der Waals surface area contributed by atoms with E-state index in [4.69, 9.17) is 18.0 Å². The molecule has 0 spiro atoms. The number of anilines is 1. The Morgan fingerprint density at radius 1 is 1.35 bits per heavy atom. The molecule has 0 fully saturated rings. The van der Waals surface area contributed by atoms with Gasteiger partial charge in [-0.1, -0.05) is 12.2 Å². The van der Waals surface area contributed by atoms with Crippen LogP contribution in [0.5, 0.6) is 0 Å². The number of rotatable bonds is 3. The molecular formula is C12H7Br2FN2OS2. The maximum absolute atomic E-state index is 13.8.